The highest BCUT2D eigenvalue weighted by atomic mass is 32.2. The van der Waals surface area contributed by atoms with Gasteiger partial charge in [0, 0.05) is 37.0 Å². The first kappa shape index (κ1) is 21.8. The lowest BCUT2D eigenvalue weighted by molar-refractivity contribution is -0.124. The highest BCUT2D eigenvalue weighted by molar-refractivity contribution is 7.89. The third-order valence-electron chi connectivity index (χ3n) is 4.97. The number of benzene rings is 2. The zero-order chi connectivity index (χ0) is 21.6. The number of hydrogen-bond donors (Lipinski definition) is 3. The Morgan fingerprint density at radius 2 is 1.90 bits per heavy atom. The summed E-state index contributed by atoms with van der Waals surface area (Å²) in [7, 11) is -2.13. The van der Waals surface area contributed by atoms with Crippen LogP contribution in [0, 0.1) is 0 Å². The molecule has 0 bridgehead atoms. The Morgan fingerprint density at radius 1 is 1.17 bits per heavy atom. The first-order valence-corrected chi connectivity index (χ1v) is 11.0. The van der Waals surface area contributed by atoms with Crippen molar-refractivity contribution in [2.75, 3.05) is 25.1 Å². The third kappa shape index (κ3) is 5.38. The maximum atomic E-state index is 12.7. The molecule has 30 heavy (non-hydrogen) atoms. The number of ether oxygens (including phenoxy) is 1. The average molecular weight is 432 g/mol. The summed E-state index contributed by atoms with van der Waals surface area (Å²) in [6.45, 7) is 1.34. The van der Waals surface area contributed by atoms with Crippen LogP contribution in [-0.2, 0) is 14.8 Å². The number of para-hydroxylation sites is 1. The highest BCUT2D eigenvalue weighted by Crippen LogP contribution is 2.26. The fourth-order valence-corrected chi connectivity index (χ4v) is 4.75. The maximum Gasteiger partial charge on any atom is 0.267 e. The van der Waals surface area contributed by atoms with Crippen molar-refractivity contribution < 1.29 is 23.2 Å². The van der Waals surface area contributed by atoms with Gasteiger partial charge in [-0.2, -0.15) is 0 Å². The van der Waals surface area contributed by atoms with Gasteiger partial charge in [0.1, 0.15) is 5.75 Å². The molecule has 0 atom stereocenters. The molecule has 1 saturated heterocycles. The minimum absolute atomic E-state index is 0.166. The molecule has 9 heteroatoms. The van der Waals surface area contributed by atoms with Crippen molar-refractivity contribution in [1.29, 1.82) is 0 Å². The summed E-state index contributed by atoms with van der Waals surface area (Å²) in [5.41, 5.74) is 3.37. The van der Waals surface area contributed by atoms with Gasteiger partial charge in [0.25, 0.3) is 5.91 Å². The molecule has 2 aromatic rings. The van der Waals surface area contributed by atoms with E-state index in [0.717, 1.165) is 11.3 Å². The number of anilines is 1. The predicted molar refractivity (Wildman–Crippen MR) is 114 cm³/mol. The minimum Gasteiger partial charge on any atom is -0.497 e. The van der Waals surface area contributed by atoms with Crippen LogP contribution in [0.15, 0.2) is 59.5 Å². The van der Waals surface area contributed by atoms with Gasteiger partial charge in [-0.15, -0.1) is 0 Å². The number of amides is 1. The van der Waals surface area contributed by atoms with Crippen molar-refractivity contribution in [3.63, 3.8) is 0 Å². The topological polar surface area (TPSA) is 108 Å². The van der Waals surface area contributed by atoms with E-state index >= 15 is 0 Å². The molecule has 160 valence electrons. The summed E-state index contributed by atoms with van der Waals surface area (Å²) in [5, 5.41) is 8.64. The summed E-state index contributed by atoms with van der Waals surface area (Å²) in [5.74, 6) is -0.109. The Kier molecular flexibility index (Phi) is 7.09. The fraction of sp³-hybridized carbons (Fsp3) is 0.286. The van der Waals surface area contributed by atoms with Crippen LogP contribution in [0.25, 0.3) is 6.08 Å². The van der Waals surface area contributed by atoms with E-state index in [0.29, 0.717) is 31.7 Å². The van der Waals surface area contributed by atoms with Crippen molar-refractivity contribution >= 4 is 27.7 Å². The van der Waals surface area contributed by atoms with E-state index in [2.05, 4.69) is 9.62 Å². The number of nitrogens with zero attached hydrogens (tertiary/aromatic N) is 1. The van der Waals surface area contributed by atoms with Crippen LogP contribution in [-0.4, -0.2) is 45.8 Å². The van der Waals surface area contributed by atoms with E-state index in [-0.39, 0.29) is 10.9 Å². The number of sulfonamides is 1. The van der Waals surface area contributed by atoms with Gasteiger partial charge in [-0.05, 0) is 42.7 Å². The molecule has 3 rings (SSSR count). The van der Waals surface area contributed by atoms with Crippen LogP contribution in [0.4, 0.5) is 5.69 Å². The number of rotatable bonds is 7. The molecule has 2 aromatic carbocycles. The Bertz CT molecular complexity index is 1010. The smallest absolute Gasteiger partial charge is 0.267 e. The number of carbonyl (C=O) groups excluding carboxylic acids is 1. The number of piperidine rings is 1. The van der Waals surface area contributed by atoms with Crippen molar-refractivity contribution in [2.24, 2.45) is 0 Å². The Balaban J connectivity index is 1.65. The molecule has 0 unspecified atom stereocenters. The third-order valence-corrected chi connectivity index (χ3v) is 6.49. The molecule has 0 aromatic heterocycles. The first-order chi connectivity index (χ1) is 14.4. The van der Waals surface area contributed by atoms with Crippen LogP contribution in [0.2, 0.25) is 0 Å². The van der Waals surface area contributed by atoms with Crippen LogP contribution in [0.5, 0.6) is 5.75 Å². The van der Waals surface area contributed by atoms with Gasteiger partial charge in [0.15, 0.2) is 0 Å². The van der Waals surface area contributed by atoms with Crippen molar-refractivity contribution in [2.45, 2.75) is 23.8 Å². The summed E-state index contributed by atoms with van der Waals surface area (Å²) in [4.78, 5) is 13.6. The Morgan fingerprint density at radius 3 is 2.60 bits per heavy atom. The molecule has 0 aliphatic carbocycles. The maximum absolute atomic E-state index is 12.7. The number of hydroxylamine groups is 1. The van der Waals surface area contributed by atoms with Crippen LogP contribution >= 0.6 is 0 Å². The van der Waals surface area contributed by atoms with E-state index in [1.54, 1.807) is 29.8 Å². The number of carbonyl (C=O) groups is 1. The molecule has 8 nitrogen and oxygen atoms in total. The first-order valence-electron chi connectivity index (χ1n) is 9.55. The molecule has 1 fully saturated rings. The largest absolute Gasteiger partial charge is 0.497 e. The second-order valence-electron chi connectivity index (χ2n) is 6.93. The molecule has 1 aliphatic heterocycles. The van der Waals surface area contributed by atoms with Gasteiger partial charge in [-0.3, -0.25) is 10.0 Å². The van der Waals surface area contributed by atoms with Crippen molar-refractivity contribution in [3.05, 3.63) is 60.2 Å². The van der Waals surface area contributed by atoms with Crippen LogP contribution in [0.1, 0.15) is 18.4 Å². The van der Waals surface area contributed by atoms with Gasteiger partial charge < -0.3 is 9.64 Å². The lowest BCUT2D eigenvalue weighted by atomic mass is 10.0. The van der Waals surface area contributed by atoms with E-state index in [4.69, 9.17) is 9.94 Å². The van der Waals surface area contributed by atoms with Crippen molar-refractivity contribution in [1.82, 2.24) is 10.2 Å². The molecule has 0 saturated carbocycles. The Labute approximate surface area is 176 Å². The van der Waals surface area contributed by atoms with Gasteiger partial charge in [0.2, 0.25) is 10.0 Å². The summed E-state index contributed by atoms with van der Waals surface area (Å²) >= 11 is 0. The number of nitrogens with one attached hydrogen (secondary N) is 2. The van der Waals surface area contributed by atoms with E-state index in [1.165, 1.54) is 19.3 Å². The van der Waals surface area contributed by atoms with Gasteiger partial charge in [-0.1, -0.05) is 24.3 Å². The SMILES string of the molecule is COc1cccc(S(=O)(=O)NC2CCN(c3ccccc3/C=C/C(=O)NO)CC2)c1. The lowest BCUT2D eigenvalue weighted by Gasteiger charge is -2.34. The van der Waals surface area contributed by atoms with Crippen molar-refractivity contribution in [3.8, 4) is 5.75 Å². The second kappa shape index (κ2) is 9.75. The van der Waals surface area contributed by atoms with Crippen LogP contribution < -0.4 is 19.8 Å². The van der Waals surface area contributed by atoms with E-state index in [9.17, 15) is 13.2 Å². The number of hydrogen-bond acceptors (Lipinski definition) is 6. The summed E-state index contributed by atoms with van der Waals surface area (Å²) < 4.78 is 33.3. The van der Waals surface area contributed by atoms with Gasteiger partial charge in [-0.25, -0.2) is 18.6 Å². The molecule has 3 N–H and O–H groups in total. The van der Waals surface area contributed by atoms with E-state index in [1.807, 2.05) is 24.3 Å². The fourth-order valence-electron chi connectivity index (χ4n) is 3.41. The zero-order valence-corrected chi connectivity index (χ0v) is 17.4. The zero-order valence-electron chi connectivity index (χ0n) is 16.6. The average Bonchev–Trinajstić information content (AvgIpc) is 2.78. The van der Waals surface area contributed by atoms with Gasteiger partial charge >= 0.3 is 0 Å². The minimum atomic E-state index is -3.63. The summed E-state index contributed by atoms with van der Waals surface area (Å²) in [6, 6.07) is 13.9. The predicted octanol–water partition coefficient (Wildman–Crippen LogP) is 2.16. The molecular weight excluding hydrogens is 406 g/mol. The quantitative estimate of drug-likeness (QED) is 0.352. The lowest BCUT2D eigenvalue weighted by Crippen LogP contribution is -2.44. The van der Waals surface area contributed by atoms with E-state index < -0.39 is 15.9 Å². The molecule has 0 radical (unpaired) electrons. The molecular formula is C21H25N3O5S. The highest BCUT2D eigenvalue weighted by Gasteiger charge is 2.25. The standard InChI is InChI=1S/C21H25N3O5S/c1-29-18-6-4-7-19(15-18)30(27,28)23-17-11-13-24(14-12-17)20-8-3-2-5-16(20)9-10-21(25)22-26/h2-10,15,17,23,26H,11-14H2,1H3,(H,22,25)/b10-9+. The molecule has 0 spiro atoms. The second-order valence-corrected chi connectivity index (χ2v) is 8.64. The Hall–Kier alpha value is -2.88. The normalized spacial score (nSPS) is 15.3. The monoisotopic (exact) mass is 431 g/mol. The molecule has 1 heterocycles. The number of methoxy groups -OCH3 is 1. The molecule has 1 amide bonds. The summed E-state index contributed by atoms with van der Waals surface area (Å²) in [6.07, 6.45) is 4.20. The van der Waals surface area contributed by atoms with Gasteiger partial charge in [0.05, 0.1) is 12.0 Å². The van der Waals surface area contributed by atoms with Crippen LogP contribution in [0.3, 0.4) is 0 Å². The molecule has 1 aliphatic rings.